The molecule has 7 heteroatoms. The van der Waals surface area contributed by atoms with Crippen LogP contribution >= 0.6 is 11.6 Å². The Balaban J connectivity index is 2.07. The summed E-state index contributed by atoms with van der Waals surface area (Å²) < 4.78 is 30.0. The van der Waals surface area contributed by atoms with Crippen LogP contribution in [0.4, 0.5) is 0 Å². The van der Waals surface area contributed by atoms with Crippen molar-refractivity contribution in [2.75, 3.05) is 12.4 Å². The maximum Gasteiger partial charge on any atom is 0.335 e. The second-order valence-electron chi connectivity index (χ2n) is 5.05. The fraction of sp³-hybridized carbons (Fsp3) is 0.500. The van der Waals surface area contributed by atoms with E-state index in [2.05, 4.69) is 0 Å². The molecule has 1 heterocycles. The number of hydrogen-bond acceptors (Lipinski definition) is 4. The highest BCUT2D eigenvalue weighted by atomic mass is 35.5. The molecule has 1 unspecified atom stereocenters. The average molecular weight is 333 g/mol. The van der Waals surface area contributed by atoms with Crippen LogP contribution in [0.25, 0.3) is 0 Å². The third-order valence-corrected chi connectivity index (χ3v) is 5.75. The summed E-state index contributed by atoms with van der Waals surface area (Å²) in [5.41, 5.74) is -0.0860. The van der Waals surface area contributed by atoms with Crippen molar-refractivity contribution in [3.05, 3.63) is 28.8 Å². The molecular formula is C14H17ClO5S. The van der Waals surface area contributed by atoms with Crippen molar-refractivity contribution in [2.24, 2.45) is 0 Å². The molecule has 1 aromatic carbocycles. The molecule has 0 spiro atoms. The van der Waals surface area contributed by atoms with Gasteiger partial charge in [-0.05, 0) is 43.9 Å². The van der Waals surface area contributed by atoms with Crippen molar-refractivity contribution < 1.29 is 23.1 Å². The second kappa shape index (κ2) is 6.77. The lowest BCUT2D eigenvalue weighted by molar-refractivity contribution is 0.0696. The van der Waals surface area contributed by atoms with Gasteiger partial charge in [-0.1, -0.05) is 11.6 Å². The van der Waals surface area contributed by atoms with E-state index < -0.39 is 15.8 Å². The third-order valence-electron chi connectivity index (χ3n) is 3.48. The van der Waals surface area contributed by atoms with Gasteiger partial charge in [0.1, 0.15) is 0 Å². The van der Waals surface area contributed by atoms with E-state index in [1.165, 1.54) is 12.1 Å². The van der Waals surface area contributed by atoms with Crippen LogP contribution in [0.2, 0.25) is 5.02 Å². The fourth-order valence-corrected chi connectivity index (χ4v) is 4.27. The molecule has 1 aliphatic heterocycles. The van der Waals surface area contributed by atoms with E-state index in [1.807, 2.05) is 0 Å². The molecule has 1 saturated heterocycles. The fourth-order valence-electron chi connectivity index (χ4n) is 2.36. The summed E-state index contributed by atoms with van der Waals surface area (Å²) in [5, 5.41) is 8.98. The number of sulfone groups is 1. The minimum Gasteiger partial charge on any atom is -0.478 e. The Morgan fingerprint density at radius 3 is 2.81 bits per heavy atom. The van der Waals surface area contributed by atoms with Gasteiger partial charge in [-0.15, -0.1) is 0 Å². The zero-order chi connectivity index (χ0) is 15.5. The van der Waals surface area contributed by atoms with Crippen molar-refractivity contribution >= 4 is 27.4 Å². The predicted octanol–water partition coefficient (Wildman–Crippen LogP) is 2.77. The average Bonchev–Trinajstić information content (AvgIpc) is 2.91. The number of ether oxygens (including phenoxy) is 1. The molecule has 0 aliphatic carbocycles. The number of carboxylic acid groups (broad SMARTS) is 1. The number of hydrogen-bond donors (Lipinski definition) is 1. The van der Waals surface area contributed by atoms with E-state index in [4.69, 9.17) is 21.4 Å². The third kappa shape index (κ3) is 4.18. The summed E-state index contributed by atoms with van der Waals surface area (Å²) in [6.45, 7) is 0.740. The Labute approximate surface area is 128 Å². The van der Waals surface area contributed by atoms with E-state index in [0.29, 0.717) is 12.8 Å². The highest BCUT2D eigenvalue weighted by molar-refractivity contribution is 7.91. The van der Waals surface area contributed by atoms with Crippen LogP contribution in [0, 0.1) is 0 Å². The minimum absolute atomic E-state index is 0.0529. The molecule has 1 fully saturated rings. The number of halogens is 1. The maximum absolute atomic E-state index is 12.3. The van der Waals surface area contributed by atoms with Gasteiger partial charge in [0.25, 0.3) is 0 Å². The van der Waals surface area contributed by atoms with Crippen LogP contribution in [0.1, 0.15) is 36.0 Å². The van der Waals surface area contributed by atoms with E-state index in [1.54, 1.807) is 0 Å². The molecule has 21 heavy (non-hydrogen) atoms. The van der Waals surface area contributed by atoms with Gasteiger partial charge in [0.05, 0.1) is 27.3 Å². The highest BCUT2D eigenvalue weighted by Gasteiger charge is 2.22. The van der Waals surface area contributed by atoms with E-state index in [-0.39, 0.29) is 27.3 Å². The molecule has 0 saturated carbocycles. The minimum atomic E-state index is -3.59. The Hall–Kier alpha value is -1.11. The monoisotopic (exact) mass is 332 g/mol. The maximum atomic E-state index is 12.3. The Kier molecular flexibility index (Phi) is 5.24. The smallest absolute Gasteiger partial charge is 0.335 e. The van der Waals surface area contributed by atoms with Gasteiger partial charge in [-0.2, -0.15) is 0 Å². The second-order valence-corrected chi connectivity index (χ2v) is 7.53. The molecule has 116 valence electrons. The van der Waals surface area contributed by atoms with Crippen LogP contribution in [-0.4, -0.2) is 38.0 Å². The van der Waals surface area contributed by atoms with Gasteiger partial charge in [0, 0.05) is 6.61 Å². The summed E-state index contributed by atoms with van der Waals surface area (Å²) in [6, 6.07) is 3.71. The standard InChI is InChI=1S/C14H17ClO5S/c15-12-6-5-10(14(16)17)9-13(12)21(18,19)8-2-4-11-3-1-7-20-11/h5-6,9,11H,1-4,7-8H2,(H,16,17). The summed E-state index contributed by atoms with van der Waals surface area (Å²) in [6.07, 6.45) is 3.29. The van der Waals surface area contributed by atoms with E-state index in [0.717, 1.165) is 25.5 Å². The Morgan fingerprint density at radius 2 is 2.19 bits per heavy atom. The first kappa shape index (κ1) is 16.3. The zero-order valence-corrected chi connectivity index (χ0v) is 13.0. The van der Waals surface area contributed by atoms with Crippen molar-refractivity contribution in [3.63, 3.8) is 0 Å². The quantitative estimate of drug-likeness (QED) is 0.866. The highest BCUT2D eigenvalue weighted by Crippen LogP contribution is 2.25. The number of rotatable bonds is 6. The summed E-state index contributed by atoms with van der Waals surface area (Å²) >= 11 is 5.89. The van der Waals surface area contributed by atoms with Gasteiger partial charge in [0.2, 0.25) is 0 Å². The van der Waals surface area contributed by atoms with Crippen LogP contribution in [-0.2, 0) is 14.6 Å². The van der Waals surface area contributed by atoms with Crippen LogP contribution in [0.5, 0.6) is 0 Å². The molecular weight excluding hydrogens is 316 g/mol. The molecule has 2 rings (SSSR count). The van der Waals surface area contributed by atoms with Crippen LogP contribution in [0.3, 0.4) is 0 Å². The molecule has 0 aromatic heterocycles. The molecule has 5 nitrogen and oxygen atoms in total. The van der Waals surface area contributed by atoms with Crippen molar-refractivity contribution in [1.29, 1.82) is 0 Å². The lowest BCUT2D eigenvalue weighted by Crippen LogP contribution is -2.12. The molecule has 0 radical (unpaired) electrons. The first-order chi connectivity index (χ1) is 9.90. The van der Waals surface area contributed by atoms with Gasteiger partial charge in [0.15, 0.2) is 9.84 Å². The lowest BCUT2D eigenvalue weighted by atomic mass is 10.1. The Bertz CT molecular complexity index is 620. The number of aromatic carboxylic acids is 1. The molecule has 1 aliphatic rings. The summed E-state index contributed by atoms with van der Waals surface area (Å²) in [4.78, 5) is 10.8. The molecule has 1 atom stereocenters. The normalized spacial score (nSPS) is 18.8. The van der Waals surface area contributed by atoms with Crippen molar-refractivity contribution in [1.82, 2.24) is 0 Å². The number of benzene rings is 1. The first-order valence-electron chi connectivity index (χ1n) is 6.77. The number of carbonyl (C=O) groups is 1. The first-order valence-corrected chi connectivity index (χ1v) is 8.80. The summed E-state index contributed by atoms with van der Waals surface area (Å²) in [5.74, 6) is -1.24. The van der Waals surface area contributed by atoms with Crippen LogP contribution < -0.4 is 0 Å². The zero-order valence-electron chi connectivity index (χ0n) is 11.4. The number of carboxylic acids is 1. The molecule has 0 bridgehead atoms. The molecule has 1 N–H and O–H groups in total. The summed E-state index contributed by atoms with van der Waals surface area (Å²) in [7, 11) is -3.59. The largest absolute Gasteiger partial charge is 0.478 e. The van der Waals surface area contributed by atoms with Gasteiger partial charge < -0.3 is 9.84 Å². The van der Waals surface area contributed by atoms with E-state index in [9.17, 15) is 13.2 Å². The van der Waals surface area contributed by atoms with Gasteiger partial charge >= 0.3 is 5.97 Å². The van der Waals surface area contributed by atoms with Gasteiger partial charge in [-0.3, -0.25) is 0 Å². The SMILES string of the molecule is O=C(O)c1ccc(Cl)c(S(=O)(=O)CCCC2CCCO2)c1. The van der Waals surface area contributed by atoms with Crippen molar-refractivity contribution in [3.8, 4) is 0 Å². The predicted molar refractivity (Wildman–Crippen MR) is 78.7 cm³/mol. The Morgan fingerprint density at radius 1 is 1.43 bits per heavy atom. The topological polar surface area (TPSA) is 80.7 Å². The van der Waals surface area contributed by atoms with Crippen molar-refractivity contribution in [2.45, 2.75) is 36.7 Å². The van der Waals surface area contributed by atoms with Gasteiger partial charge in [-0.25, -0.2) is 13.2 Å². The van der Waals surface area contributed by atoms with E-state index >= 15 is 0 Å². The van der Waals surface area contributed by atoms with Crippen LogP contribution in [0.15, 0.2) is 23.1 Å². The molecule has 1 aromatic rings. The molecule has 0 amide bonds. The lowest BCUT2D eigenvalue weighted by Gasteiger charge is -2.10.